The number of amides is 1. The predicted octanol–water partition coefficient (Wildman–Crippen LogP) is -0.659. The fourth-order valence-corrected chi connectivity index (χ4v) is 0.834. The van der Waals surface area contributed by atoms with Crippen molar-refractivity contribution in [1.82, 2.24) is 10.6 Å². The van der Waals surface area contributed by atoms with Gasteiger partial charge in [-0.3, -0.25) is 4.79 Å². The molecule has 0 aliphatic carbocycles. The minimum atomic E-state index is 0.00212. The predicted molar refractivity (Wildman–Crippen MR) is 47.8 cm³/mol. The van der Waals surface area contributed by atoms with E-state index in [2.05, 4.69) is 10.6 Å². The smallest absolute Gasteiger partial charge is 0.233 e. The third-order valence-electron chi connectivity index (χ3n) is 1.61. The van der Waals surface area contributed by atoms with E-state index < -0.39 is 0 Å². The third kappa shape index (κ3) is 6.12. The van der Waals surface area contributed by atoms with Crippen LogP contribution < -0.4 is 10.6 Å². The third-order valence-corrected chi connectivity index (χ3v) is 1.61. The number of aliphatic hydroxyl groups excluding tert-OH is 1. The van der Waals surface area contributed by atoms with Crippen LogP contribution in [0.25, 0.3) is 0 Å². The first kappa shape index (κ1) is 11.4. The molecule has 0 aliphatic heterocycles. The summed E-state index contributed by atoms with van der Waals surface area (Å²) in [6.45, 7) is 3.17. The summed E-state index contributed by atoms with van der Waals surface area (Å²) in [6, 6.07) is 0. The fourth-order valence-electron chi connectivity index (χ4n) is 0.834. The van der Waals surface area contributed by atoms with Crippen LogP contribution in [0.3, 0.4) is 0 Å². The van der Waals surface area contributed by atoms with E-state index >= 15 is 0 Å². The molecular formula is C8H18N2O2. The maximum Gasteiger partial charge on any atom is 0.233 e. The molecule has 1 atom stereocenters. The standard InChI is InChI=1S/C8H18N2O2/c1-7(3-4-11)5-10-8(12)6-9-2/h7,9,11H,3-6H2,1-2H3,(H,10,12). The Bertz CT molecular complexity index is 128. The second-order valence-corrected chi connectivity index (χ2v) is 2.95. The zero-order valence-corrected chi connectivity index (χ0v) is 7.76. The number of hydrogen-bond acceptors (Lipinski definition) is 3. The number of likely N-dealkylation sites (N-methyl/N-ethyl adjacent to an activating group) is 1. The molecule has 0 spiro atoms. The van der Waals surface area contributed by atoms with E-state index in [0.717, 1.165) is 6.42 Å². The first-order valence-electron chi connectivity index (χ1n) is 4.22. The molecule has 72 valence electrons. The fraction of sp³-hybridized carbons (Fsp3) is 0.875. The van der Waals surface area contributed by atoms with Gasteiger partial charge in [-0.2, -0.15) is 0 Å². The molecule has 0 aromatic rings. The molecule has 0 saturated carbocycles. The lowest BCUT2D eigenvalue weighted by atomic mass is 10.1. The topological polar surface area (TPSA) is 61.4 Å². The maximum atomic E-state index is 10.9. The molecule has 0 aromatic heterocycles. The lowest BCUT2D eigenvalue weighted by molar-refractivity contribution is -0.120. The van der Waals surface area contributed by atoms with Gasteiger partial charge >= 0.3 is 0 Å². The Kier molecular flexibility index (Phi) is 6.70. The van der Waals surface area contributed by atoms with E-state index in [1.807, 2.05) is 6.92 Å². The number of carbonyl (C=O) groups excluding carboxylic acids is 1. The van der Waals surface area contributed by atoms with Crippen molar-refractivity contribution in [1.29, 1.82) is 0 Å². The van der Waals surface area contributed by atoms with Crippen LogP contribution in [0.4, 0.5) is 0 Å². The SMILES string of the molecule is CNCC(=O)NCC(C)CCO. The normalized spacial score (nSPS) is 12.6. The molecule has 4 heteroatoms. The number of aliphatic hydroxyl groups is 1. The minimum absolute atomic E-state index is 0.00212. The van der Waals surface area contributed by atoms with Crippen LogP contribution in [0, 0.1) is 5.92 Å². The summed E-state index contributed by atoms with van der Waals surface area (Å²) >= 11 is 0. The van der Waals surface area contributed by atoms with Crippen molar-refractivity contribution in [3.8, 4) is 0 Å². The Morgan fingerprint density at radius 1 is 1.58 bits per heavy atom. The monoisotopic (exact) mass is 174 g/mol. The lowest BCUT2D eigenvalue weighted by Crippen LogP contribution is -2.35. The molecule has 0 aliphatic rings. The van der Waals surface area contributed by atoms with Crippen LogP contribution in [0.5, 0.6) is 0 Å². The average Bonchev–Trinajstić information content (AvgIpc) is 2.02. The van der Waals surface area contributed by atoms with E-state index in [1.165, 1.54) is 0 Å². The first-order valence-corrected chi connectivity index (χ1v) is 4.22. The van der Waals surface area contributed by atoms with E-state index in [0.29, 0.717) is 19.0 Å². The van der Waals surface area contributed by atoms with Crippen molar-refractivity contribution in [2.45, 2.75) is 13.3 Å². The van der Waals surface area contributed by atoms with Gasteiger partial charge in [-0.1, -0.05) is 6.92 Å². The van der Waals surface area contributed by atoms with E-state index in [9.17, 15) is 4.79 Å². The average molecular weight is 174 g/mol. The Morgan fingerprint density at radius 2 is 2.25 bits per heavy atom. The summed E-state index contributed by atoms with van der Waals surface area (Å²) < 4.78 is 0. The summed E-state index contributed by atoms with van der Waals surface area (Å²) in [5.74, 6) is 0.345. The largest absolute Gasteiger partial charge is 0.396 e. The van der Waals surface area contributed by atoms with Crippen LogP contribution in [-0.4, -0.2) is 37.8 Å². The zero-order valence-electron chi connectivity index (χ0n) is 7.76. The van der Waals surface area contributed by atoms with Gasteiger partial charge in [0, 0.05) is 13.2 Å². The molecule has 12 heavy (non-hydrogen) atoms. The van der Waals surface area contributed by atoms with Gasteiger partial charge in [0.05, 0.1) is 6.54 Å². The Balaban J connectivity index is 3.33. The highest BCUT2D eigenvalue weighted by molar-refractivity contribution is 5.77. The van der Waals surface area contributed by atoms with E-state index in [1.54, 1.807) is 7.05 Å². The van der Waals surface area contributed by atoms with Gasteiger partial charge in [0.25, 0.3) is 0 Å². The van der Waals surface area contributed by atoms with Crippen LogP contribution in [0.2, 0.25) is 0 Å². The summed E-state index contributed by atoms with van der Waals surface area (Å²) in [5.41, 5.74) is 0. The number of nitrogens with one attached hydrogen (secondary N) is 2. The Labute approximate surface area is 73.3 Å². The van der Waals surface area contributed by atoms with Gasteiger partial charge in [0.1, 0.15) is 0 Å². The molecule has 0 heterocycles. The van der Waals surface area contributed by atoms with Crippen molar-refractivity contribution in [3.05, 3.63) is 0 Å². The first-order chi connectivity index (χ1) is 5.70. The maximum absolute atomic E-state index is 10.9. The number of carbonyl (C=O) groups is 1. The van der Waals surface area contributed by atoms with Gasteiger partial charge in [0.2, 0.25) is 5.91 Å². The van der Waals surface area contributed by atoms with Gasteiger partial charge in [-0.05, 0) is 19.4 Å². The van der Waals surface area contributed by atoms with E-state index in [4.69, 9.17) is 5.11 Å². The molecule has 1 amide bonds. The molecule has 0 fully saturated rings. The molecule has 0 bridgehead atoms. The van der Waals surface area contributed by atoms with Crippen LogP contribution in [0.15, 0.2) is 0 Å². The summed E-state index contributed by atoms with van der Waals surface area (Å²) in [5, 5.41) is 14.1. The van der Waals surface area contributed by atoms with Crippen molar-refractivity contribution in [3.63, 3.8) is 0 Å². The highest BCUT2D eigenvalue weighted by Gasteiger charge is 2.03. The van der Waals surface area contributed by atoms with Crippen molar-refractivity contribution < 1.29 is 9.90 Å². The van der Waals surface area contributed by atoms with Gasteiger partial charge in [-0.25, -0.2) is 0 Å². The summed E-state index contributed by atoms with van der Waals surface area (Å²) in [7, 11) is 1.73. The molecule has 0 saturated heterocycles. The molecule has 0 aromatic carbocycles. The van der Waals surface area contributed by atoms with Gasteiger partial charge in [0.15, 0.2) is 0 Å². The molecule has 4 nitrogen and oxygen atoms in total. The molecule has 0 radical (unpaired) electrons. The highest BCUT2D eigenvalue weighted by atomic mass is 16.3. The summed E-state index contributed by atoms with van der Waals surface area (Å²) in [4.78, 5) is 10.9. The van der Waals surface area contributed by atoms with Gasteiger partial charge < -0.3 is 15.7 Å². The number of rotatable bonds is 6. The van der Waals surface area contributed by atoms with Gasteiger partial charge in [-0.15, -0.1) is 0 Å². The number of hydrogen-bond donors (Lipinski definition) is 3. The highest BCUT2D eigenvalue weighted by Crippen LogP contribution is 1.97. The second kappa shape index (κ2) is 7.06. The molecule has 0 rings (SSSR count). The summed E-state index contributed by atoms with van der Waals surface area (Å²) in [6.07, 6.45) is 0.736. The van der Waals surface area contributed by atoms with Crippen molar-refractivity contribution in [2.24, 2.45) is 5.92 Å². The zero-order chi connectivity index (χ0) is 9.40. The minimum Gasteiger partial charge on any atom is -0.396 e. The molecule has 3 N–H and O–H groups in total. The Morgan fingerprint density at radius 3 is 2.75 bits per heavy atom. The second-order valence-electron chi connectivity index (χ2n) is 2.95. The molecular weight excluding hydrogens is 156 g/mol. The van der Waals surface area contributed by atoms with Crippen LogP contribution in [0.1, 0.15) is 13.3 Å². The molecule has 1 unspecified atom stereocenters. The van der Waals surface area contributed by atoms with Crippen molar-refractivity contribution >= 4 is 5.91 Å². The van der Waals surface area contributed by atoms with Crippen molar-refractivity contribution in [2.75, 3.05) is 26.7 Å². The lowest BCUT2D eigenvalue weighted by Gasteiger charge is -2.10. The van der Waals surface area contributed by atoms with Crippen LogP contribution >= 0.6 is 0 Å². The van der Waals surface area contributed by atoms with Crippen LogP contribution in [-0.2, 0) is 4.79 Å². The van der Waals surface area contributed by atoms with E-state index in [-0.39, 0.29) is 12.5 Å². The Hall–Kier alpha value is -0.610. The quantitative estimate of drug-likeness (QED) is 0.501.